The van der Waals surface area contributed by atoms with E-state index >= 15 is 0 Å². The van der Waals surface area contributed by atoms with E-state index in [2.05, 4.69) is 0 Å². The fraction of sp³-hybridized carbons (Fsp3) is 0.615. The highest BCUT2D eigenvalue weighted by atomic mass is 16.6. The van der Waals surface area contributed by atoms with Crippen LogP contribution in [0.3, 0.4) is 0 Å². The lowest BCUT2D eigenvalue weighted by atomic mass is 9.69. The van der Waals surface area contributed by atoms with E-state index in [-0.39, 0.29) is 17.6 Å². The Hall–Kier alpha value is -1.85. The Morgan fingerprint density at radius 1 is 1.26 bits per heavy atom. The zero-order chi connectivity index (χ0) is 14.2. The molecule has 0 radical (unpaired) electrons. The van der Waals surface area contributed by atoms with E-state index in [1.807, 2.05) is 0 Å². The van der Waals surface area contributed by atoms with Crippen molar-refractivity contribution in [3.63, 3.8) is 0 Å². The van der Waals surface area contributed by atoms with Crippen molar-refractivity contribution in [3.05, 3.63) is 11.1 Å². The molecule has 3 aliphatic rings. The summed E-state index contributed by atoms with van der Waals surface area (Å²) in [4.78, 5) is 35.6. The molecular weight excluding hydrogens is 252 g/mol. The first kappa shape index (κ1) is 13.6. The summed E-state index contributed by atoms with van der Waals surface area (Å²) in [5.41, 5.74) is -0.404. The van der Waals surface area contributed by atoms with Crippen LogP contribution in [0.4, 0.5) is 0 Å². The molecule has 1 aliphatic carbocycles. The minimum Gasteiger partial charge on any atom is -0.466 e. The third kappa shape index (κ3) is 2.11. The van der Waals surface area contributed by atoms with Gasteiger partial charge in [0.15, 0.2) is 0 Å². The van der Waals surface area contributed by atoms with Crippen LogP contribution in [-0.4, -0.2) is 38.2 Å². The molecule has 2 atom stereocenters. The highest BCUT2D eigenvalue weighted by Crippen LogP contribution is 2.47. The fourth-order valence-corrected chi connectivity index (χ4v) is 2.82. The van der Waals surface area contributed by atoms with E-state index < -0.39 is 29.4 Å². The maximum Gasteiger partial charge on any atom is 0.338 e. The van der Waals surface area contributed by atoms with Gasteiger partial charge in [0.25, 0.3) is 0 Å². The predicted octanol–water partition coefficient (Wildman–Crippen LogP) is 0.745. The van der Waals surface area contributed by atoms with Gasteiger partial charge in [0.1, 0.15) is 6.10 Å². The normalized spacial score (nSPS) is 29.6. The average Bonchev–Trinajstić information content (AvgIpc) is 2.59. The van der Waals surface area contributed by atoms with Crippen LogP contribution < -0.4 is 0 Å². The molecule has 6 heteroatoms. The van der Waals surface area contributed by atoms with E-state index in [0.717, 1.165) is 0 Å². The SMILES string of the molecule is COC(=O)C1=C(C(=O)OC)C2(C)CCC1OC(=O)C2. The number of esters is 3. The molecule has 0 spiro atoms. The first-order chi connectivity index (χ1) is 8.92. The molecule has 0 amide bonds. The molecule has 2 heterocycles. The van der Waals surface area contributed by atoms with Crippen molar-refractivity contribution >= 4 is 17.9 Å². The van der Waals surface area contributed by atoms with Crippen LogP contribution >= 0.6 is 0 Å². The molecule has 1 fully saturated rings. The molecule has 104 valence electrons. The van der Waals surface area contributed by atoms with Gasteiger partial charge in [-0.3, -0.25) is 4.79 Å². The second-order valence-corrected chi connectivity index (χ2v) is 5.03. The predicted molar refractivity (Wildman–Crippen MR) is 62.9 cm³/mol. The van der Waals surface area contributed by atoms with E-state index in [4.69, 9.17) is 14.2 Å². The van der Waals surface area contributed by atoms with Crippen molar-refractivity contribution < 1.29 is 28.6 Å². The van der Waals surface area contributed by atoms with E-state index in [1.54, 1.807) is 6.92 Å². The second-order valence-electron chi connectivity index (χ2n) is 5.03. The van der Waals surface area contributed by atoms with Gasteiger partial charge in [0.2, 0.25) is 0 Å². The summed E-state index contributed by atoms with van der Waals surface area (Å²) in [6.45, 7) is 1.77. The minimum absolute atomic E-state index is 0.0639. The zero-order valence-corrected chi connectivity index (χ0v) is 11.1. The fourth-order valence-electron chi connectivity index (χ4n) is 2.82. The number of fused-ring (bicyclic) bond motifs is 3. The van der Waals surface area contributed by atoms with Gasteiger partial charge in [-0.2, -0.15) is 0 Å². The van der Waals surface area contributed by atoms with Gasteiger partial charge in [0.05, 0.1) is 31.8 Å². The lowest BCUT2D eigenvalue weighted by Crippen LogP contribution is -2.36. The summed E-state index contributed by atoms with van der Waals surface area (Å²) in [5.74, 6) is -1.66. The molecule has 0 aromatic heterocycles. The topological polar surface area (TPSA) is 78.9 Å². The van der Waals surface area contributed by atoms with Crippen LogP contribution in [0.25, 0.3) is 0 Å². The van der Waals surface area contributed by atoms with Crippen molar-refractivity contribution in [1.29, 1.82) is 0 Å². The van der Waals surface area contributed by atoms with Crippen LogP contribution in [0.5, 0.6) is 0 Å². The largest absolute Gasteiger partial charge is 0.466 e. The van der Waals surface area contributed by atoms with Crippen molar-refractivity contribution in [3.8, 4) is 0 Å². The van der Waals surface area contributed by atoms with Crippen LogP contribution in [0.1, 0.15) is 26.2 Å². The zero-order valence-electron chi connectivity index (χ0n) is 11.1. The second kappa shape index (κ2) is 4.68. The first-order valence-electron chi connectivity index (χ1n) is 6.03. The van der Waals surface area contributed by atoms with Gasteiger partial charge in [-0.1, -0.05) is 6.92 Å². The maximum atomic E-state index is 12.0. The highest BCUT2D eigenvalue weighted by Gasteiger charge is 2.50. The number of rotatable bonds is 2. The Morgan fingerprint density at radius 3 is 2.47 bits per heavy atom. The molecule has 2 bridgehead atoms. The molecule has 2 unspecified atom stereocenters. The minimum atomic E-state index is -0.735. The Kier molecular flexibility index (Phi) is 3.34. The molecular formula is C13H16O6. The summed E-state index contributed by atoms with van der Waals surface area (Å²) in [6.07, 6.45) is 0.445. The number of carbonyl (C=O) groups is 3. The van der Waals surface area contributed by atoms with Gasteiger partial charge < -0.3 is 14.2 Å². The van der Waals surface area contributed by atoms with Gasteiger partial charge in [0, 0.05) is 5.41 Å². The summed E-state index contributed by atoms with van der Waals surface area (Å²) in [5, 5.41) is 0. The molecule has 19 heavy (non-hydrogen) atoms. The van der Waals surface area contributed by atoms with Crippen LogP contribution in [-0.2, 0) is 28.6 Å². The third-order valence-corrected chi connectivity index (χ3v) is 3.76. The van der Waals surface area contributed by atoms with Crippen LogP contribution in [0.2, 0.25) is 0 Å². The molecule has 1 saturated heterocycles. The first-order valence-corrected chi connectivity index (χ1v) is 6.03. The van der Waals surface area contributed by atoms with Crippen molar-refractivity contribution in [1.82, 2.24) is 0 Å². The van der Waals surface area contributed by atoms with Crippen molar-refractivity contribution in [2.75, 3.05) is 14.2 Å². The molecule has 0 saturated carbocycles. The summed E-state index contributed by atoms with van der Waals surface area (Å²) in [6, 6.07) is 0. The highest BCUT2D eigenvalue weighted by molar-refractivity contribution is 6.03. The van der Waals surface area contributed by atoms with Gasteiger partial charge in [-0.15, -0.1) is 0 Å². The standard InChI is InChI=1S/C13H16O6/c1-13-5-4-7(19-8(14)6-13)9(11(15)17-2)10(13)12(16)18-3/h7H,4-6H2,1-3H3. The number of ether oxygens (including phenoxy) is 3. The number of carbonyl (C=O) groups excluding carboxylic acids is 3. The average molecular weight is 268 g/mol. The monoisotopic (exact) mass is 268 g/mol. The Balaban J connectivity index is 2.63. The Bertz CT molecular complexity index is 478. The molecule has 0 aromatic rings. The number of hydrogen-bond acceptors (Lipinski definition) is 6. The molecule has 0 N–H and O–H groups in total. The summed E-state index contributed by atoms with van der Waals surface area (Å²) >= 11 is 0. The summed E-state index contributed by atoms with van der Waals surface area (Å²) in [7, 11) is 2.47. The summed E-state index contributed by atoms with van der Waals surface area (Å²) < 4.78 is 14.7. The lowest BCUT2D eigenvalue weighted by molar-refractivity contribution is -0.148. The van der Waals surface area contributed by atoms with Gasteiger partial charge >= 0.3 is 17.9 Å². The van der Waals surface area contributed by atoms with Crippen LogP contribution in [0, 0.1) is 5.41 Å². The van der Waals surface area contributed by atoms with Gasteiger partial charge in [-0.25, -0.2) is 9.59 Å². The maximum absolute atomic E-state index is 12.0. The van der Waals surface area contributed by atoms with E-state index in [0.29, 0.717) is 12.8 Å². The van der Waals surface area contributed by atoms with Gasteiger partial charge in [-0.05, 0) is 12.8 Å². The molecule has 6 nitrogen and oxygen atoms in total. The van der Waals surface area contributed by atoms with Crippen molar-refractivity contribution in [2.24, 2.45) is 5.41 Å². The van der Waals surface area contributed by atoms with Crippen molar-refractivity contribution in [2.45, 2.75) is 32.3 Å². The molecule has 3 rings (SSSR count). The third-order valence-electron chi connectivity index (χ3n) is 3.76. The Morgan fingerprint density at radius 2 is 1.89 bits per heavy atom. The van der Waals surface area contributed by atoms with Crippen LogP contribution in [0.15, 0.2) is 11.1 Å². The Labute approximate surface area is 110 Å². The quantitative estimate of drug-likeness (QED) is 0.543. The molecule has 0 aromatic carbocycles. The number of hydrogen-bond donors (Lipinski definition) is 0. The van der Waals surface area contributed by atoms with E-state index in [1.165, 1.54) is 14.2 Å². The smallest absolute Gasteiger partial charge is 0.338 e. The number of methoxy groups -OCH3 is 2. The lowest BCUT2D eigenvalue weighted by Gasteiger charge is -2.33. The molecule has 2 aliphatic heterocycles. The van der Waals surface area contributed by atoms with E-state index in [9.17, 15) is 14.4 Å².